The van der Waals surface area contributed by atoms with Gasteiger partial charge in [-0.1, -0.05) is 12.1 Å². The Bertz CT molecular complexity index is 1010. The van der Waals surface area contributed by atoms with Crippen molar-refractivity contribution in [2.45, 2.75) is 13.8 Å². The number of hydrogen-bond donors (Lipinski definition) is 2. The average molecular weight is 384 g/mol. The van der Waals surface area contributed by atoms with Gasteiger partial charge in [0, 0.05) is 17.8 Å². The number of esters is 1. The van der Waals surface area contributed by atoms with E-state index in [0.717, 1.165) is 12.1 Å². The summed E-state index contributed by atoms with van der Waals surface area (Å²) in [6, 6.07) is 11.7. The van der Waals surface area contributed by atoms with Crippen LogP contribution in [0.15, 0.2) is 48.5 Å². The Labute approximate surface area is 160 Å². The van der Waals surface area contributed by atoms with Crippen molar-refractivity contribution in [3.05, 3.63) is 71.4 Å². The second-order valence-electron chi connectivity index (χ2n) is 5.86. The predicted octanol–water partition coefficient (Wildman–Crippen LogP) is 4.73. The molecule has 0 aliphatic rings. The monoisotopic (exact) mass is 384 g/mol. The molecule has 6 nitrogen and oxygen atoms in total. The van der Waals surface area contributed by atoms with Crippen LogP contribution in [0.4, 0.5) is 31.9 Å². The summed E-state index contributed by atoms with van der Waals surface area (Å²) in [5, 5.41) is 5.79. The van der Waals surface area contributed by atoms with E-state index < -0.39 is 17.6 Å². The number of carbonyl (C=O) groups excluding carboxylic acids is 1. The number of ether oxygens (including phenoxy) is 1. The quantitative estimate of drug-likeness (QED) is 0.599. The van der Waals surface area contributed by atoms with E-state index in [-0.39, 0.29) is 18.2 Å². The van der Waals surface area contributed by atoms with E-state index in [1.807, 2.05) is 0 Å². The second-order valence-corrected chi connectivity index (χ2v) is 5.86. The van der Waals surface area contributed by atoms with Crippen LogP contribution < -0.4 is 10.6 Å². The highest BCUT2D eigenvalue weighted by Crippen LogP contribution is 2.23. The van der Waals surface area contributed by atoms with Crippen molar-refractivity contribution in [1.82, 2.24) is 9.97 Å². The Balaban J connectivity index is 1.87. The van der Waals surface area contributed by atoms with Gasteiger partial charge in [-0.15, -0.1) is 0 Å². The molecule has 0 spiro atoms. The lowest BCUT2D eigenvalue weighted by atomic mass is 10.2. The van der Waals surface area contributed by atoms with Crippen LogP contribution in [0.25, 0.3) is 0 Å². The number of hydrogen-bond acceptors (Lipinski definition) is 6. The van der Waals surface area contributed by atoms with Gasteiger partial charge in [0.2, 0.25) is 5.95 Å². The van der Waals surface area contributed by atoms with Crippen LogP contribution in [0.2, 0.25) is 0 Å². The first kappa shape index (κ1) is 19.2. The molecule has 1 aromatic heterocycles. The molecular formula is C20H18F2N4O2. The lowest BCUT2D eigenvalue weighted by Crippen LogP contribution is -2.09. The van der Waals surface area contributed by atoms with Gasteiger partial charge in [-0.05, 0) is 38.1 Å². The van der Waals surface area contributed by atoms with Gasteiger partial charge in [-0.2, -0.15) is 4.98 Å². The highest BCUT2D eigenvalue weighted by Gasteiger charge is 2.13. The first-order valence-electron chi connectivity index (χ1n) is 8.57. The Morgan fingerprint density at radius 3 is 2.57 bits per heavy atom. The minimum absolute atomic E-state index is 0.0462. The van der Waals surface area contributed by atoms with Gasteiger partial charge in [-0.25, -0.2) is 18.6 Å². The van der Waals surface area contributed by atoms with Crippen molar-refractivity contribution >= 4 is 29.1 Å². The molecule has 3 aromatic rings. The SMILES string of the molecule is CCOC(=O)c1ccccc1Nc1cc(C)nc(Nc2ccc(F)cc2F)n1. The molecule has 2 N–H and O–H groups in total. The second kappa shape index (κ2) is 8.43. The number of nitrogens with one attached hydrogen (secondary N) is 2. The number of halogens is 2. The van der Waals surface area contributed by atoms with Crippen LogP contribution in [-0.4, -0.2) is 22.5 Å². The van der Waals surface area contributed by atoms with E-state index >= 15 is 0 Å². The number of nitrogens with zero attached hydrogens (tertiary/aromatic N) is 2. The van der Waals surface area contributed by atoms with Gasteiger partial charge in [0.25, 0.3) is 0 Å². The van der Waals surface area contributed by atoms with Crippen LogP contribution in [0.5, 0.6) is 0 Å². The number of aromatic nitrogens is 2. The topological polar surface area (TPSA) is 76.1 Å². The number of rotatable bonds is 6. The normalized spacial score (nSPS) is 10.4. The average Bonchev–Trinajstić information content (AvgIpc) is 2.64. The molecule has 8 heteroatoms. The van der Waals surface area contributed by atoms with Gasteiger partial charge < -0.3 is 15.4 Å². The van der Waals surface area contributed by atoms with Gasteiger partial charge in [0.05, 0.1) is 23.5 Å². The molecule has 0 atom stereocenters. The summed E-state index contributed by atoms with van der Waals surface area (Å²) in [7, 11) is 0. The van der Waals surface area contributed by atoms with E-state index in [9.17, 15) is 13.6 Å². The number of anilines is 4. The summed E-state index contributed by atoms with van der Waals surface area (Å²) in [4.78, 5) is 20.6. The number of benzene rings is 2. The third-order valence-corrected chi connectivity index (χ3v) is 3.72. The molecule has 2 aromatic carbocycles. The van der Waals surface area contributed by atoms with Crippen LogP contribution in [0.3, 0.4) is 0 Å². The zero-order valence-electron chi connectivity index (χ0n) is 15.3. The summed E-state index contributed by atoms with van der Waals surface area (Å²) in [6.07, 6.45) is 0. The largest absolute Gasteiger partial charge is 0.462 e. The summed E-state index contributed by atoms with van der Waals surface area (Å²) >= 11 is 0. The van der Waals surface area contributed by atoms with E-state index in [4.69, 9.17) is 4.74 Å². The van der Waals surface area contributed by atoms with Gasteiger partial charge in [0.15, 0.2) is 0 Å². The number of aryl methyl sites for hydroxylation is 1. The zero-order valence-corrected chi connectivity index (χ0v) is 15.3. The first-order chi connectivity index (χ1) is 13.5. The maximum Gasteiger partial charge on any atom is 0.340 e. The molecule has 0 radical (unpaired) electrons. The fourth-order valence-electron chi connectivity index (χ4n) is 2.52. The lowest BCUT2D eigenvalue weighted by Gasteiger charge is -2.13. The van der Waals surface area contributed by atoms with Crippen LogP contribution >= 0.6 is 0 Å². The number of para-hydroxylation sites is 1. The van der Waals surface area contributed by atoms with E-state index in [1.165, 1.54) is 6.07 Å². The summed E-state index contributed by atoms with van der Waals surface area (Å²) in [6.45, 7) is 3.74. The van der Waals surface area contributed by atoms with E-state index in [2.05, 4.69) is 20.6 Å². The molecule has 144 valence electrons. The smallest absolute Gasteiger partial charge is 0.340 e. The van der Waals surface area contributed by atoms with Crippen molar-refractivity contribution < 1.29 is 18.3 Å². The Morgan fingerprint density at radius 2 is 1.82 bits per heavy atom. The predicted molar refractivity (Wildman–Crippen MR) is 102 cm³/mol. The third kappa shape index (κ3) is 4.59. The maximum absolute atomic E-state index is 13.9. The van der Waals surface area contributed by atoms with Crippen molar-refractivity contribution in [3.8, 4) is 0 Å². The molecule has 0 unspecified atom stereocenters. The van der Waals surface area contributed by atoms with E-state index in [0.29, 0.717) is 22.8 Å². The van der Waals surface area contributed by atoms with Gasteiger partial charge in [0.1, 0.15) is 17.5 Å². The fourth-order valence-corrected chi connectivity index (χ4v) is 2.52. The Kier molecular flexibility index (Phi) is 5.78. The molecule has 0 fully saturated rings. The van der Waals surface area contributed by atoms with Crippen molar-refractivity contribution in [3.63, 3.8) is 0 Å². The lowest BCUT2D eigenvalue weighted by molar-refractivity contribution is 0.0527. The molecule has 0 aliphatic carbocycles. The molecule has 1 heterocycles. The molecule has 3 rings (SSSR count). The van der Waals surface area contributed by atoms with Crippen molar-refractivity contribution in [2.24, 2.45) is 0 Å². The highest BCUT2D eigenvalue weighted by atomic mass is 19.1. The zero-order chi connectivity index (χ0) is 20.1. The molecule has 0 bridgehead atoms. The van der Waals surface area contributed by atoms with E-state index in [1.54, 1.807) is 44.2 Å². The van der Waals surface area contributed by atoms with Crippen LogP contribution in [-0.2, 0) is 4.74 Å². The molecular weight excluding hydrogens is 366 g/mol. The molecule has 28 heavy (non-hydrogen) atoms. The van der Waals surface area contributed by atoms with Gasteiger partial charge in [-0.3, -0.25) is 0 Å². The summed E-state index contributed by atoms with van der Waals surface area (Å²) < 4.78 is 32.0. The Morgan fingerprint density at radius 1 is 1.04 bits per heavy atom. The first-order valence-corrected chi connectivity index (χ1v) is 8.57. The molecule has 0 aliphatic heterocycles. The third-order valence-electron chi connectivity index (χ3n) is 3.72. The summed E-state index contributed by atoms with van der Waals surface area (Å²) in [5.41, 5.74) is 1.53. The highest BCUT2D eigenvalue weighted by molar-refractivity contribution is 5.96. The fraction of sp³-hybridized carbons (Fsp3) is 0.150. The minimum Gasteiger partial charge on any atom is -0.462 e. The van der Waals surface area contributed by atoms with Crippen molar-refractivity contribution in [1.29, 1.82) is 0 Å². The molecule has 0 amide bonds. The maximum atomic E-state index is 13.9. The molecule has 0 saturated heterocycles. The minimum atomic E-state index is -0.757. The summed E-state index contributed by atoms with van der Waals surface area (Å²) in [5.74, 6) is -1.36. The number of carbonyl (C=O) groups is 1. The standard InChI is InChI=1S/C20H18F2N4O2/c1-3-28-19(27)14-6-4-5-7-16(14)24-18-10-12(2)23-20(26-18)25-17-9-8-13(21)11-15(17)22/h4-11H,3H2,1-2H3,(H2,23,24,25,26). The van der Waals surface area contributed by atoms with Crippen LogP contribution in [0, 0.1) is 18.6 Å². The Hall–Kier alpha value is -3.55. The van der Waals surface area contributed by atoms with Gasteiger partial charge >= 0.3 is 5.97 Å². The van der Waals surface area contributed by atoms with Crippen LogP contribution in [0.1, 0.15) is 23.0 Å². The molecule has 0 saturated carbocycles. The van der Waals surface area contributed by atoms with Crippen molar-refractivity contribution in [2.75, 3.05) is 17.2 Å².